The van der Waals surface area contributed by atoms with E-state index in [0.29, 0.717) is 18.8 Å². The van der Waals surface area contributed by atoms with Crippen molar-refractivity contribution in [3.63, 3.8) is 0 Å². The number of nitrogens with two attached hydrogens (primary N) is 1. The van der Waals surface area contributed by atoms with Crippen molar-refractivity contribution < 1.29 is 14.3 Å². The van der Waals surface area contributed by atoms with Gasteiger partial charge in [-0.3, -0.25) is 0 Å². The molecule has 3 N–H and O–H groups in total. The molecule has 0 radical (unpaired) electrons. The molecule has 1 aromatic rings. The van der Waals surface area contributed by atoms with Gasteiger partial charge in [-0.2, -0.15) is 0 Å². The summed E-state index contributed by atoms with van der Waals surface area (Å²) in [5.74, 6) is 0.761. The van der Waals surface area contributed by atoms with Crippen LogP contribution in [0.4, 0.5) is 10.5 Å². The second kappa shape index (κ2) is 4.30. The molecule has 0 aromatic heterocycles. The molecule has 2 rings (SSSR count). The zero-order valence-corrected chi connectivity index (χ0v) is 9.03. The van der Waals surface area contributed by atoms with Gasteiger partial charge in [0, 0.05) is 5.69 Å². The number of aryl methyl sites for hydroxylation is 1. The SMILES string of the molecule is Cc1cc(N)ccc1OCC1CNC(=O)O1. The van der Waals surface area contributed by atoms with Gasteiger partial charge in [0.05, 0.1) is 6.54 Å². The zero-order chi connectivity index (χ0) is 11.5. The Bertz CT molecular complexity index is 406. The monoisotopic (exact) mass is 222 g/mol. The number of hydrogen-bond donors (Lipinski definition) is 2. The van der Waals surface area contributed by atoms with Crippen LogP contribution in [0.3, 0.4) is 0 Å². The number of carbonyl (C=O) groups is 1. The van der Waals surface area contributed by atoms with E-state index in [1.54, 1.807) is 6.07 Å². The lowest BCUT2D eigenvalue weighted by atomic mass is 10.2. The maximum absolute atomic E-state index is 10.8. The standard InChI is InChI=1S/C11H14N2O3/c1-7-4-8(12)2-3-10(7)15-6-9-5-13-11(14)16-9/h2-4,9H,5-6,12H2,1H3,(H,13,14). The quantitative estimate of drug-likeness (QED) is 0.750. The summed E-state index contributed by atoms with van der Waals surface area (Å²) in [5.41, 5.74) is 7.31. The van der Waals surface area contributed by atoms with Gasteiger partial charge in [-0.25, -0.2) is 4.79 Å². The van der Waals surface area contributed by atoms with Crippen LogP contribution < -0.4 is 15.8 Å². The molecular weight excluding hydrogens is 208 g/mol. The zero-order valence-electron chi connectivity index (χ0n) is 9.03. The van der Waals surface area contributed by atoms with Gasteiger partial charge in [-0.15, -0.1) is 0 Å². The highest BCUT2D eigenvalue weighted by molar-refractivity contribution is 5.69. The highest BCUT2D eigenvalue weighted by atomic mass is 16.6. The third-order valence-electron chi connectivity index (χ3n) is 2.37. The van der Waals surface area contributed by atoms with Gasteiger partial charge < -0.3 is 20.5 Å². The van der Waals surface area contributed by atoms with E-state index in [4.69, 9.17) is 15.2 Å². The van der Waals surface area contributed by atoms with Crippen molar-refractivity contribution in [1.82, 2.24) is 5.32 Å². The van der Waals surface area contributed by atoms with E-state index in [1.807, 2.05) is 19.1 Å². The number of cyclic esters (lactones) is 1. The van der Waals surface area contributed by atoms with E-state index < -0.39 is 0 Å². The van der Waals surface area contributed by atoms with Gasteiger partial charge in [0.1, 0.15) is 12.4 Å². The Morgan fingerprint density at radius 2 is 2.44 bits per heavy atom. The Morgan fingerprint density at radius 3 is 3.06 bits per heavy atom. The lowest BCUT2D eigenvalue weighted by Crippen LogP contribution is -2.22. The summed E-state index contributed by atoms with van der Waals surface area (Å²) in [5, 5.41) is 2.57. The second-order valence-corrected chi connectivity index (χ2v) is 3.74. The van der Waals surface area contributed by atoms with Gasteiger partial charge in [0.25, 0.3) is 0 Å². The van der Waals surface area contributed by atoms with Crippen LogP contribution in [0, 0.1) is 6.92 Å². The summed E-state index contributed by atoms with van der Waals surface area (Å²) in [4.78, 5) is 10.8. The van der Waals surface area contributed by atoms with E-state index in [9.17, 15) is 4.79 Å². The Kier molecular flexibility index (Phi) is 2.85. The number of rotatable bonds is 3. The molecule has 1 saturated heterocycles. The lowest BCUT2D eigenvalue weighted by molar-refractivity contribution is 0.104. The fourth-order valence-electron chi connectivity index (χ4n) is 1.54. The average Bonchev–Trinajstić information content (AvgIpc) is 2.63. The molecule has 0 bridgehead atoms. The molecular formula is C11H14N2O3. The Hall–Kier alpha value is -1.91. The topological polar surface area (TPSA) is 73.6 Å². The highest BCUT2D eigenvalue weighted by Crippen LogP contribution is 2.20. The number of benzene rings is 1. The minimum absolute atomic E-state index is 0.218. The average molecular weight is 222 g/mol. The minimum atomic E-state index is -0.386. The smallest absolute Gasteiger partial charge is 0.407 e. The molecule has 16 heavy (non-hydrogen) atoms. The van der Waals surface area contributed by atoms with Crippen LogP contribution in [0.5, 0.6) is 5.75 Å². The molecule has 1 aliphatic heterocycles. The molecule has 1 aliphatic rings. The number of carbonyl (C=O) groups excluding carboxylic acids is 1. The first-order valence-electron chi connectivity index (χ1n) is 5.08. The third-order valence-corrected chi connectivity index (χ3v) is 2.37. The summed E-state index contributed by atoms with van der Waals surface area (Å²) in [6.07, 6.45) is -0.605. The Labute approximate surface area is 93.5 Å². The van der Waals surface area contributed by atoms with Crippen molar-refractivity contribution in [1.29, 1.82) is 0 Å². The van der Waals surface area contributed by atoms with Crippen molar-refractivity contribution in [2.24, 2.45) is 0 Å². The summed E-state index contributed by atoms with van der Waals surface area (Å²) in [6.45, 7) is 2.76. The summed E-state index contributed by atoms with van der Waals surface area (Å²) in [7, 11) is 0. The van der Waals surface area contributed by atoms with Crippen LogP contribution in [0.15, 0.2) is 18.2 Å². The largest absolute Gasteiger partial charge is 0.489 e. The fraction of sp³-hybridized carbons (Fsp3) is 0.364. The molecule has 1 atom stereocenters. The molecule has 5 nitrogen and oxygen atoms in total. The van der Waals surface area contributed by atoms with Crippen molar-refractivity contribution in [3.05, 3.63) is 23.8 Å². The van der Waals surface area contributed by atoms with Crippen LogP contribution in [0.2, 0.25) is 0 Å². The third kappa shape index (κ3) is 2.36. The van der Waals surface area contributed by atoms with Gasteiger partial charge in [-0.05, 0) is 30.7 Å². The van der Waals surface area contributed by atoms with E-state index in [1.165, 1.54) is 0 Å². The van der Waals surface area contributed by atoms with E-state index in [0.717, 1.165) is 11.3 Å². The van der Waals surface area contributed by atoms with Crippen LogP contribution in [0.1, 0.15) is 5.56 Å². The van der Waals surface area contributed by atoms with Gasteiger partial charge in [0.15, 0.2) is 6.10 Å². The number of hydrogen-bond acceptors (Lipinski definition) is 4. The summed E-state index contributed by atoms with van der Waals surface area (Å²) in [6, 6.07) is 5.43. The first kappa shape index (κ1) is 10.6. The predicted octanol–water partition coefficient (Wildman–Crippen LogP) is 1.06. The predicted molar refractivity (Wildman–Crippen MR) is 59.4 cm³/mol. The number of amides is 1. The molecule has 1 unspecified atom stereocenters. The van der Waals surface area contributed by atoms with Crippen molar-refractivity contribution in [2.75, 3.05) is 18.9 Å². The molecule has 0 spiro atoms. The number of anilines is 1. The summed E-state index contributed by atoms with van der Waals surface area (Å²) >= 11 is 0. The highest BCUT2D eigenvalue weighted by Gasteiger charge is 2.22. The van der Waals surface area contributed by atoms with E-state index in [-0.39, 0.29) is 12.2 Å². The van der Waals surface area contributed by atoms with Crippen LogP contribution in [-0.4, -0.2) is 25.3 Å². The first-order chi connectivity index (χ1) is 7.65. The van der Waals surface area contributed by atoms with Gasteiger partial charge >= 0.3 is 6.09 Å². The molecule has 1 aromatic carbocycles. The first-order valence-corrected chi connectivity index (χ1v) is 5.08. The van der Waals surface area contributed by atoms with E-state index >= 15 is 0 Å². The van der Waals surface area contributed by atoms with Crippen LogP contribution in [0.25, 0.3) is 0 Å². The van der Waals surface area contributed by atoms with Gasteiger partial charge in [-0.1, -0.05) is 0 Å². The van der Waals surface area contributed by atoms with Crippen molar-refractivity contribution in [2.45, 2.75) is 13.0 Å². The Balaban J connectivity index is 1.92. The summed E-state index contributed by atoms with van der Waals surface area (Å²) < 4.78 is 10.5. The van der Waals surface area contributed by atoms with Crippen LogP contribution >= 0.6 is 0 Å². The molecule has 86 valence electrons. The maximum Gasteiger partial charge on any atom is 0.407 e. The molecule has 0 aliphatic carbocycles. The lowest BCUT2D eigenvalue weighted by Gasteiger charge is -2.12. The van der Waals surface area contributed by atoms with Gasteiger partial charge in [0.2, 0.25) is 0 Å². The minimum Gasteiger partial charge on any atom is -0.489 e. The number of alkyl carbamates (subject to hydrolysis) is 1. The number of ether oxygens (including phenoxy) is 2. The van der Waals surface area contributed by atoms with Crippen LogP contribution in [-0.2, 0) is 4.74 Å². The number of nitrogen functional groups attached to an aromatic ring is 1. The van der Waals surface area contributed by atoms with Crippen molar-refractivity contribution in [3.8, 4) is 5.75 Å². The molecule has 0 saturated carbocycles. The maximum atomic E-state index is 10.8. The van der Waals surface area contributed by atoms with Crippen molar-refractivity contribution >= 4 is 11.8 Å². The number of nitrogens with one attached hydrogen (secondary N) is 1. The second-order valence-electron chi connectivity index (χ2n) is 3.74. The molecule has 5 heteroatoms. The fourth-order valence-corrected chi connectivity index (χ4v) is 1.54. The molecule has 1 amide bonds. The Morgan fingerprint density at radius 1 is 1.62 bits per heavy atom. The molecule has 1 heterocycles. The van der Waals surface area contributed by atoms with E-state index in [2.05, 4.69) is 5.32 Å². The molecule has 1 fully saturated rings. The normalized spacial score (nSPS) is 19.1.